The van der Waals surface area contributed by atoms with Crippen molar-refractivity contribution in [2.24, 2.45) is 0 Å². The van der Waals surface area contributed by atoms with E-state index >= 15 is 0 Å². The third kappa shape index (κ3) is 3.14. The minimum atomic E-state index is -0.841. The van der Waals surface area contributed by atoms with Gasteiger partial charge in [0.05, 0.1) is 5.41 Å². The molecule has 1 N–H and O–H groups in total. The number of nitrogens with zero attached hydrogens (tertiary/aromatic N) is 1. The summed E-state index contributed by atoms with van der Waals surface area (Å²) in [6.45, 7) is 2.77. The van der Waals surface area contributed by atoms with Crippen molar-refractivity contribution < 1.29 is 9.59 Å². The van der Waals surface area contributed by atoms with Gasteiger partial charge in [-0.3, -0.25) is 9.59 Å². The fraction of sp³-hybridized carbons (Fsp3) is 0.391. The van der Waals surface area contributed by atoms with Crippen LogP contribution < -0.4 is 5.32 Å². The predicted molar refractivity (Wildman–Crippen MR) is 105 cm³/mol. The van der Waals surface area contributed by atoms with Gasteiger partial charge in [0.25, 0.3) is 0 Å². The van der Waals surface area contributed by atoms with E-state index in [1.165, 1.54) is 6.42 Å². The molecule has 0 spiro atoms. The van der Waals surface area contributed by atoms with Crippen molar-refractivity contribution in [2.75, 3.05) is 6.54 Å². The number of hydrogen-bond donors (Lipinski definition) is 1. The highest BCUT2D eigenvalue weighted by Crippen LogP contribution is 2.34. The maximum Gasteiger partial charge on any atom is 0.245 e. The van der Waals surface area contributed by atoms with Gasteiger partial charge < -0.3 is 10.2 Å². The van der Waals surface area contributed by atoms with Crippen molar-refractivity contribution >= 4 is 11.8 Å². The van der Waals surface area contributed by atoms with Crippen molar-refractivity contribution in [3.63, 3.8) is 0 Å². The number of piperidine rings is 1. The van der Waals surface area contributed by atoms with Gasteiger partial charge in [0.2, 0.25) is 11.8 Å². The Bertz CT molecular complexity index is 779. The number of amides is 2. The highest BCUT2D eigenvalue weighted by atomic mass is 16.2. The molecule has 4 nitrogen and oxygen atoms in total. The van der Waals surface area contributed by atoms with Gasteiger partial charge in [0.1, 0.15) is 6.04 Å². The summed E-state index contributed by atoms with van der Waals surface area (Å²) in [5, 5.41) is 3.09. The lowest BCUT2D eigenvalue weighted by Crippen LogP contribution is -2.50. The molecule has 2 aromatic rings. The van der Waals surface area contributed by atoms with Gasteiger partial charge in [0.15, 0.2) is 0 Å². The van der Waals surface area contributed by atoms with E-state index in [0.717, 1.165) is 36.9 Å². The maximum absolute atomic E-state index is 13.5. The molecule has 0 radical (unpaired) electrons. The van der Waals surface area contributed by atoms with E-state index in [0.29, 0.717) is 0 Å². The topological polar surface area (TPSA) is 49.4 Å². The van der Waals surface area contributed by atoms with E-state index in [1.807, 2.05) is 72.5 Å². The zero-order valence-electron chi connectivity index (χ0n) is 15.7. The number of benzene rings is 2. The lowest BCUT2D eigenvalue weighted by molar-refractivity contribution is -0.135. The Morgan fingerprint density at radius 3 is 2.15 bits per heavy atom. The Kier molecular flexibility index (Phi) is 4.73. The fourth-order valence-electron chi connectivity index (χ4n) is 4.50. The second kappa shape index (κ2) is 7.18. The minimum Gasteiger partial charge on any atom is -0.343 e. The molecular formula is C23H26N2O2. The van der Waals surface area contributed by atoms with E-state index in [1.54, 1.807) is 0 Å². The fourth-order valence-corrected chi connectivity index (χ4v) is 4.50. The molecule has 2 aromatic carbocycles. The predicted octanol–water partition coefficient (Wildman–Crippen LogP) is 3.26. The standard InChI is InChI=1S/C23H26N2O2/c1-23(17-10-4-2-5-11-17,18-12-6-3-7-13-18)22(27)24-20-16-19-14-8-9-15-25(19)21(20)26/h2-7,10-13,19-20H,8-9,14-16H2,1H3,(H,24,27). The van der Waals surface area contributed by atoms with Crippen LogP contribution in [-0.4, -0.2) is 35.3 Å². The lowest BCUT2D eigenvalue weighted by atomic mass is 9.75. The van der Waals surface area contributed by atoms with Gasteiger partial charge in [-0.25, -0.2) is 0 Å². The highest BCUT2D eigenvalue weighted by Gasteiger charge is 2.44. The average molecular weight is 362 g/mol. The summed E-state index contributed by atoms with van der Waals surface area (Å²) in [5.41, 5.74) is 1.01. The SMILES string of the molecule is CC(C(=O)NC1CC2CCCCN2C1=O)(c1ccccc1)c1ccccc1. The number of nitrogens with one attached hydrogen (secondary N) is 1. The number of carbonyl (C=O) groups excluding carboxylic acids is 2. The van der Waals surface area contributed by atoms with Crippen LogP contribution >= 0.6 is 0 Å². The summed E-state index contributed by atoms with van der Waals surface area (Å²) in [5.74, 6) is -0.0328. The van der Waals surface area contributed by atoms with Crippen LogP contribution in [0.3, 0.4) is 0 Å². The first-order valence-corrected chi connectivity index (χ1v) is 9.83. The molecule has 27 heavy (non-hydrogen) atoms. The monoisotopic (exact) mass is 362 g/mol. The smallest absolute Gasteiger partial charge is 0.245 e. The quantitative estimate of drug-likeness (QED) is 0.908. The van der Waals surface area contributed by atoms with Crippen LogP contribution in [0.2, 0.25) is 0 Å². The normalized spacial score (nSPS) is 22.4. The summed E-state index contributed by atoms with van der Waals surface area (Å²) < 4.78 is 0. The van der Waals surface area contributed by atoms with Gasteiger partial charge in [-0.1, -0.05) is 60.7 Å². The van der Waals surface area contributed by atoms with E-state index in [4.69, 9.17) is 0 Å². The molecule has 2 aliphatic heterocycles. The summed E-state index contributed by atoms with van der Waals surface area (Å²) >= 11 is 0. The molecule has 4 heteroatoms. The number of fused-ring (bicyclic) bond motifs is 1. The van der Waals surface area contributed by atoms with Crippen molar-refractivity contribution in [2.45, 2.75) is 50.1 Å². The number of hydrogen-bond acceptors (Lipinski definition) is 2. The Labute approximate surface area is 160 Å². The summed E-state index contributed by atoms with van der Waals surface area (Å²) in [6, 6.07) is 19.5. The molecular weight excluding hydrogens is 336 g/mol. The Balaban J connectivity index is 1.63. The van der Waals surface area contributed by atoms with Gasteiger partial charge in [-0.05, 0) is 43.7 Å². The molecule has 0 bridgehead atoms. The maximum atomic E-state index is 13.5. The molecule has 2 saturated heterocycles. The van der Waals surface area contributed by atoms with Crippen molar-refractivity contribution in [1.82, 2.24) is 10.2 Å². The Morgan fingerprint density at radius 1 is 1.00 bits per heavy atom. The second-order valence-corrected chi connectivity index (χ2v) is 7.80. The molecule has 140 valence electrons. The van der Waals surface area contributed by atoms with Crippen LogP contribution in [0.25, 0.3) is 0 Å². The molecule has 2 atom stereocenters. The highest BCUT2D eigenvalue weighted by molar-refractivity contribution is 5.96. The molecule has 2 fully saturated rings. The number of rotatable bonds is 4. The van der Waals surface area contributed by atoms with Crippen molar-refractivity contribution in [3.05, 3.63) is 71.8 Å². The van der Waals surface area contributed by atoms with E-state index in [9.17, 15) is 9.59 Å². The van der Waals surface area contributed by atoms with Crippen molar-refractivity contribution in [3.8, 4) is 0 Å². The van der Waals surface area contributed by atoms with E-state index in [-0.39, 0.29) is 17.9 Å². The zero-order chi connectivity index (χ0) is 18.9. The molecule has 0 saturated carbocycles. The first-order valence-electron chi connectivity index (χ1n) is 9.83. The lowest BCUT2D eigenvalue weighted by Gasteiger charge is -2.31. The second-order valence-electron chi connectivity index (χ2n) is 7.80. The van der Waals surface area contributed by atoms with E-state index in [2.05, 4.69) is 5.32 Å². The third-order valence-corrected chi connectivity index (χ3v) is 6.18. The summed E-state index contributed by atoms with van der Waals surface area (Å²) in [7, 11) is 0. The van der Waals surface area contributed by atoms with Crippen molar-refractivity contribution in [1.29, 1.82) is 0 Å². The molecule has 0 aromatic heterocycles. The Hall–Kier alpha value is -2.62. The Morgan fingerprint density at radius 2 is 1.59 bits per heavy atom. The molecule has 2 unspecified atom stereocenters. The van der Waals surface area contributed by atoms with Crippen LogP contribution in [0.5, 0.6) is 0 Å². The van der Waals surface area contributed by atoms with Gasteiger partial charge in [-0.15, -0.1) is 0 Å². The molecule has 2 amide bonds. The molecule has 2 aliphatic rings. The first-order chi connectivity index (χ1) is 13.1. The van der Waals surface area contributed by atoms with Crippen LogP contribution in [0.1, 0.15) is 43.7 Å². The van der Waals surface area contributed by atoms with E-state index < -0.39 is 11.5 Å². The third-order valence-electron chi connectivity index (χ3n) is 6.18. The largest absolute Gasteiger partial charge is 0.343 e. The van der Waals surface area contributed by atoms with Crippen LogP contribution in [-0.2, 0) is 15.0 Å². The van der Waals surface area contributed by atoms with Gasteiger partial charge >= 0.3 is 0 Å². The summed E-state index contributed by atoms with van der Waals surface area (Å²) in [6.07, 6.45) is 4.01. The average Bonchev–Trinajstić information content (AvgIpc) is 3.04. The molecule has 0 aliphatic carbocycles. The zero-order valence-corrected chi connectivity index (χ0v) is 15.7. The molecule has 4 rings (SSSR count). The minimum absolute atomic E-state index is 0.0801. The molecule has 2 heterocycles. The van der Waals surface area contributed by atoms with Crippen LogP contribution in [0.4, 0.5) is 0 Å². The van der Waals surface area contributed by atoms with Crippen LogP contribution in [0.15, 0.2) is 60.7 Å². The van der Waals surface area contributed by atoms with Gasteiger partial charge in [-0.2, -0.15) is 0 Å². The van der Waals surface area contributed by atoms with Gasteiger partial charge in [0, 0.05) is 12.6 Å². The number of carbonyl (C=O) groups is 2. The van der Waals surface area contributed by atoms with Crippen LogP contribution in [0, 0.1) is 0 Å². The summed E-state index contributed by atoms with van der Waals surface area (Å²) in [4.78, 5) is 28.2. The first kappa shape index (κ1) is 17.8.